The minimum Gasteiger partial charge on any atom is -0.497 e. The van der Waals surface area contributed by atoms with Gasteiger partial charge in [-0.25, -0.2) is 4.98 Å². The van der Waals surface area contributed by atoms with Gasteiger partial charge in [0.15, 0.2) is 0 Å². The van der Waals surface area contributed by atoms with Crippen LogP contribution in [0, 0.1) is 5.92 Å². The van der Waals surface area contributed by atoms with Crippen LogP contribution in [0.3, 0.4) is 0 Å². The third-order valence-electron chi connectivity index (χ3n) is 4.58. The molecule has 0 bridgehead atoms. The van der Waals surface area contributed by atoms with Gasteiger partial charge in [-0.2, -0.15) is 0 Å². The molecule has 3 rings (SSSR count). The van der Waals surface area contributed by atoms with Crippen LogP contribution in [-0.4, -0.2) is 16.7 Å². The van der Waals surface area contributed by atoms with E-state index in [9.17, 15) is 0 Å². The first-order valence-electron chi connectivity index (χ1n) is 7.87. The molecule has 1 aliphatic rings. The first kappa shape index (κ1) is 14.7. The quantitative estimate of drug-likeness (QED) is 0.733. The second-order valence-electron chi connectivity index (χ2n) is 6.03. The highest BCUT2D eigenvalue weighted by molar-refractivity contribution is 6.20. The maximum absolute atomic E-state index is 6.33. The number of hydrogen-bond acceptors (Lipinski definition) is 2. The first-order valence-corrected chi connectivity index (χ1v) is 8.31. The maximum atomic E-state index is 6.33. The molecule has 1 aromatic carbocycles. The van der Waals surface area contributed by atoms with Gasteiger partial charge in [0, 0.05) is 12.6 Å². The number of ether oxygens (including phenoxy) is 1. The van der Waals surface area contributed by atoms with Crippen LogP contribution >= 0.6 is 11.6 Å². The highest BCUT2D eigenvalue weighted by atomic mass is 35.5. The van der Waals surface area contributed by atoms with E-state index in [0.717, 1.165) is 35.1 Å². The molecular weight excluding hydrogens is 284 g/mol. The number of imidazole rings is 1. The van der Waals surface area contributed by atoms with E-state index in [2.05, 4.69) is 10.6 Å². The minimum absolute atomic E-state index is 0.0769. The number of hydrogen-bond donors (Lipinski definition) is 0. The molecule has 1 aromatic heterocycles. The summed E-state index contributed by atoms with van der Waals surface area (Å²) in [6.45, 7) is 2.99. The predicted molar refractivity (Wildman–Crippen MR) is 87.1 cm³/mol. The van der Waals surface area contributed by atoms with Crippen LogP contribution in [0.25, 0.3) is 11.0 Å². The number of methoxy groups -OCH3 is 1. The second kappa shape index (κ2) is 6.27. The maximum Gasteiger partial charge on any atom is 0.127 e. The third kappa shape index (κ3) is 3.03. The fourth-order valence-corrected chi connectivity index (χ4v) is 3.56. The van der Waals surface area contributed by atoms with E-state index in [1.165, 1.54) is 32.1 Å². The number of alkyl halides is 1. The van der Waals surface area contributed by atoms with Gasteiger partial charge in [0.05, 0.1) is 23.5 Å². The lowest BCUT2D eigenvalue weighted by Crippen LogP contribution is -2.08. The zero-order chi connectivity index (χ0) is 14.8. The predicted octanol–water partition coefficient (Wildman–Crippen LogP) is 4.93. The van der Waals surface area contributed by atoms with E-state index in [1.807, 2.05) is 19.1 Å². The second-order valence-corrected chi connectivity index (χ2v) is 6.69. The van der Waals surface area contributed by atoms with Crippen LogP contribution in [0.15, 0.2) is 18.2 Å². The minimum atomic E-state index is -0.0769. The molecule has 0 amide bonds. The van der Waals surface area contributed by atoms with Crippen LogP contribution in [-0.2, 0) is 6.54 Å². The number of nitrogens with zero attached hydrogens (tertiary/aromatic N) is 2. The molecular formula is C17H23ClN2O. The van der Waals surface area contributed by atoms with Gasteiger partial charge in [-0.15, -0.1) is 11.6 Å². The van der Waals surface area contributed by atoms with E-state index in [0.29, 0.717) is 0 Å². The average Bonchev–Trinajstić information content (AvgIpc) is 3.11. The molecule has 1 atom stereocenters. The molecule has 0 radical (unpaired) electrons. The van der Waals surface area contributed by atoms with Gasteiger partial charge in [-0.1, -0.05) is 25.7 Å². The van der Waals surface area contributed by atoms with Gasteiger partial charge < -0.3 is 9.30 Å². The molecule has 4 heteroatoms. The van der Waals surface area contributed by atoms with Crippen molar-refractivity contribution < 1.29 is 4.74 Å². The smallest absolute Gasteiger partial charge is 0.127 e. The molecule has 0 N–H and O–H groups in total. The van der Waals surface area contributed by atoms with Gasteiger partial charge in [-0.3, -0.25) is 0 Å². The molecule has 3 nitrogen and oxygen atoms in total. The Morgan fingerprint density at radius 2 is 2.14 bits per heavy atom. The summed E-state index contributed by atoms with van der Waals surface area (Å²) < 4.78 is 7.64. The number of aryl methyl sites for hydroxylation is 1. The van der Waals surface area contributed by atoms with Gasteiger partial charge in [0.25, 0.3) is 0 Å². The molecule has 2 aromatic rings. The van der Waals surface area contributed by atoms with E-state index < -0.39 is 0 Å². The number of benzene rings is 1. The molecule has 1 aliphatic carbocycles. The molecule has 21 heavy (non-hydrogen) atoms. The molecule has 114 valence electrons. The Bertz CT molecular complexity index is 615. The van der Waals surface area contributed by atoms with E-state index >= 15 is 0 Å². The van der Waals surface area contributed by atoms with Crippen molar-refractivity contribution in [3.8, 4) is 5.75 Å². The Balaban J connectivity index is 1.93. The number of halogens is 1. The summed E-state index contributed by atoms with van der Waals surface area (Å²) in [7, 11) is 1.70. The van der Waals surface area contributed by atoms with E-state index in [1.54, 1.807) is 7.11 Å². The number of rotatable bonds is 5. The van der Waals surface area contributed by atoms with Crippen molar-refractivity contribution >= 4 is 22.6 Å². The lowest BCUT2D eigenvalue weighted by atomic mass is 10.0. The molecule has 1 fully saturated rings. The van der Waals surface area contributed by atoms with E-state index in [4.69, 9.17) is 21.3 Å². The van der Waals surface area contributed by atoms with Gasteiger partial charge >= 0.3 is 0 Å². The normalized spacial score (nSPS) is 17.5. The van der Waals surface area contributed by atoms with Crippen molar-refractivity contribution in [1.29, 1.82) is 0 Å². The van der Waals surface area contributed by atoms with E-state index in [-0.39, 0.29) is 5.38 Å². The Morgan fingerprint density at radius 1 is 1.38 bits per heavy atom. The Hall–Kier alpha value is -1.22. The highest BCUT2D eigenvalue weighted by Crippen LogP contribution is 2.31. The molecule has 0 spiro atoms. The van der Waals surface area contributed by atoms with Crippen LogP contribution in [0.1, 0.15) is 50.2 Å². The SMILES string of the molecule is COc1ccc2nc(C(C)Cl)n(CCC3CCCC3)c2c1. The standard InChI is InChI=1S/C17H23ClN2O/c1-12(18)17-19-15-8-7-14(21-2)11-16(15)20(17)10-9-13-5-3-4-6-13/h7-8,11-13H,3-6,9-10H2,1-2H3. The Kier molecular flexibility index (Phi) is 4.39. The van der Waals surface area contributed by atoms with Crippen molar-refractivity contribution in [2.24, 2.45) is 5.92 Å². The third-order valence-corrected chi connectivity index (χ3v) is 4.77. The van der Waals surface area contributed by atoms with Crippen molar-refractivity contribution in [2.75, 3.05) is 7.11 Å². The Labute approximate surface area is 131 Å². The van der Waals surface area contributed by atoms with Gasteiger partial charge in [-0.05, 0) is 31.4 Å². The summed E-state index contributed by atoms with van der Waals surface area (Å²) in [5, 5.41) is -0.0769. The summed E-state index contributed by atoms with van der Waals surface area (Å²) in [6, 6.07) is 6.04. The number of aromatic nitrogens is 2. The molecule has 1 unspecified atom stereocenters. The van der Waals surface area contributed by atoms with Crippen LogP contribution in [0.5, 0.6) is 5.75 Å². The highest BCUT2D eigenvalue weighted by Gasteiger charge is 2.19. The largest absolute Gasteiger partial charge is 0.497 e. The average molecular weight is 307 g/mol. The van der Waals surface area contributed by atoms with Crippen LogP contribution in [0.2, 0.25) is 0 Å². The van der Waals surface area contributed by atoms with Crippen LogP contribution in [0.4, 0.5) is 0 Å². The van der Waals surface area contributed by atoms with Crippen molar-refractivity contribution in [3.05, 3.63) is 24.0 Å². The fourth-order valence-electron chi connectivity index (χ4n) is 3.40. The summed E-state index contributed by atoms with van der Waals surface area (Å²) >= 11 is 6.33. The first-order chi connectivity index (χ1) is 10.2. The van der Waals surface area contributed by atoms with Crippen molar-refractivity contribution in [1.82, 2.24) is 9.55 Å². The fraction of sp³-hybridized carbons (Fsp3) is 0.588. The molecule has 0 aliphatic heterocycles. The lowest BCUT2D eigenvalue weighted by Gasteiger charge is -2.14. The zero-order valence-electron chi connectivity index (χ0n) is 12.8. The molecule has 0 saturated heterocycles. The molecule has 1 heterocycles. The zero-order valence-corrected chi connectivity index (χ0v) is 13.6. The molecule has 1 saturated carbocycles. The summed E-state index contributed by atoms with van der Waals surface area (Å²) in [5.74, 6) is 2.71. The van der Waals surface area contributed by atoms with Crippen molar-refractivity contribution in [2.45, 2.75) is 50.9 Å². The summed E-state index contributed by atoms with van der Waals surface area (Å²) in [5.41, 5.74) is 2.14. The number of fused-ring (bicyclic) bond motifs is 1. The monoisotopic (exact) mass is 306 g/mol. The van der Waals surface area contributed by atoms with Gasteiger partial charge in [0.1, 0.15) is 11.6 Å². The van der Waals surface area contributed by atoms with Crippen LogP contribution < -0.4 is 4.74 Å². The van der Waals surface area contributed by atoms with Gasteiger partial charge in [0.2, 0.25) is 0 Å². The van der Waals surface area contributed by atoms with Crippen molar-refractivity contribution in [3.63, 3.8) is 0 Å². The topological polar surface area (TPSA) is 27.1 Å². The summed E-state index contributed by atoms with van der Waals surface area (Å²) in [4.78, 5) is 4.71. The lowest BCUT2D eigenvalue weighted by molar-refractivity contribution is 0.415. The Morgan fingerprint density at radius 3 is 2.81 bits per heavy atom. The summed E-state index contributed by atoms with van der Waals surface area (Å²) in [6.07, 6.45) is 6.76.